The van der Waals surface area contributed by atoms with Crippen LogP contribution in [0.1, 0.15) is 44.4 Å². The second-order valence-corrected chi connectivity index (χ2v) is 7.12. The molecule has 0 spiro atoms. The summed E-state index contributed by atoms with van der Waals surface area (Å²) in [6, 6.07) is 9.83. The van der Waals surface area contributed by atoms with Crippen molar-refractivity contribution in [3.05, 3.63) is 42.4 Å². The van der Waals surface area contributed by atoms with Crippen molar-refractivity contribution in [2.24, 2.45) is 5.92 Å². The molecule has 1 saturated heterocycles. The first-order chi connectivity index (χ1) is 13.1. The van der Waals surface area contributed by atoms with Crippen molar-refractivity contribution < 1.29 is 19.1 Å². The van der Waals surface area contributed by atoms with Gasteiger partial charge in [-0.25, -0.2) is 4.98 Å². The number of carbonyl (C=O) groups is 2. The van der Waals surface area contributed by atoms with Crippen LogP contribution in [0.4, 0.5) is 0 Å². The van der Waals surface area contributed by atoms with Gasteiger partial charge in [0, 0.05) is 37.9 Å². The van der Waals surface area contributed by atoms with Gasteiger partial charge in [-0.1, -0.05) is 30.3 Å². The number of aromatic nitrogens is 1. The fourth-order valence-electron chi connectivity index (χ4n) is 3.57. The highest BCUT2D eigenvalue weighted by Crippen LogP contribution is 2.23. The lowest BCUT2D eigenvalue weighted by molar-refractivity contribution is -0.137. The zero-order chi connectivity index (χ0) is 19.1. The molecule has 1 atom stereocenters. The molecule has 1 aromatic heterocycles. The molecule has 3 rings (SSSR count). The van der Waals surface area contributed by atoms with E-state index in [1.54, 1.807) is 6.20 Å². The quantitative estimate of drug-likeness (QED) is 0.765. The van der Waals surface area contributed by atoms with Crippen LogP contribution in [-0.4, -0.2) is 40.0 Å². The lowest BCUT2D eigenvalue weighted by atomic mass is 9.93. The molecular weight excluding hydrogens is 344 g/mol. The van der Waals surface area contributed by atoms with Gasteiger partial charge in [0.1, 0.15) is 0 Å². The average molecular weight is 370 g/mol. The number of piperidine rings is 1. The molecule has 27 heavy (non-hydrogen) atoms. The van der Waals surface area contributed by atoms with Gasteiger partial charge < -0.3 is 14.4 Å². The summed E-state index contributed by atoms with van der Waals surface area (Å²) in [7, 11) is 0. The largest absolute Gasteiger partial charge is 0.481 e. The topological polar surface area (TPSA) is 83.6 Å². The van der Waals surface area contributed by atoms with E-state index in [2.05, 4.69) is 4.98 Å². The van der Waals surface area contributed by atoms with Crippen molar-refractivity contribution in [2.45, 2.75) is 44.9 Å². The minimum atomic E-state index is -0.765. The number of rotatable bonds is 8. The average Bonchev–Trinajstić information content (AvgIpc) is 3.16. The minimum absolute atomic E-state index is 0.143. The first-order valence-electron chi connectivity index (χ1n) is 9.61. The highest BCUT2D eigenvalue weighted by Gasteiger charge is 2.23. The van der Waals surface area contributed by atoms with Gasteiger partial charge >= 0.3 is 5.97 Å². The van der Waals surface area contributed by atoms with Gasteiger partial charge in [-0.05, 0) is 31.6 Å². The summed E-state index contributed by atoms with van der Waals surface area (Å²) in [5.41, 5.74) is 0.994. The third-order valence-electron chi connectivity index (χ3n) is 5.03. The van der Waals surface area contributed by atoms with Crippen LogP contribution in [0.15, 0.2) is 40.9 Å². The van der Waals surface area contributed by atoms with Gasteiger partial charge in [-0.15, -0.1) is 0 Å². The van der Waals surface area contributed by atoms with Crippen LogP contribution in [-0.2, 0) is 16.0 Å². The molecular formula is C21H26N2O4. The fraction of sp³-hybridized carbons (Fsp3) is 0.476. The van der Waals surface area contributed by atoms with E-state index in [-0.39, 0.29) is 12.3 Å². The second kappa shape index (κ2) is 9.35. The van der Waals surface area contributed by atoms with Gasteiger partial charge in [0.15, 0.2) is 11.7 Å². The molecule has 1 amide bonds. The number of amides is 1. The number of carboxylic acid groups (broad SMARTS) is 1. The second-order valence-electron chi connectivity index (χ2n) is 7.12. The van der Waals surface area contributed by atoms with Crippen LogP contribution < -0.4 is 0 Å². The Bertz CT molecular complexity index is 757. The zero-order valence-electron chi connectivity index (χ0n) is 15.5. The number of likely N-dealkylation sites (tertiary alicyclic amines) is 1. The number of hydrogen-bond donors (Lipinski definition) is 1. The van der Waals surface area contributed by atoms with E-state index in [0.29, 0.717) is 44.0 Å². The summed E-state index contributed by atoms with van der Waals surface area (Å²) >= 11 is 0. The molecule has 6 heteroatoms. The van der Waals surface area contributed by atoms with E-state index in [9.17, 15) is 9.59 Å². The van der Waals surface area contributed by atoms with Crippen LogP contribution in [0.25, 0.3) is 11.3 Å². The Balaban J connectivity index is 1.43. The van der Waals surface area contributed by atoms with Crippen LogP contribution in [0.5, 0.6) is 0 Å². The molecule has 0 bridgehead atoms. The molecule has 2 aromatic rings. The lowest BCUT2D eigenvalue weighted by Gasteiger charge is -2.32. The molecule has 0 unspecified atom stereocenters. The fourth-order valence-corrected chi connectivity index (χ4v) is 3.57. The van der Waals surface area contributed by atoms with Crippen LogP contribution in [0, 0.1) is 5.92 Å². The predicted molar refractivity (Wildman–Crippen MR) is 101 cm³/mol. The van der Waals surface area contributed by atoms with E-state index in [1.165, 1.54) is 0 Å². The third-order valence-corrected chi connectivity index (χ3v) is 5.03. The third kappa shape index (κ3) is 5.67. The van der Waals surface area contributed by atoms with E-state index in [4.69, 9.17) is 9.52 Å². The van der Waals surface area contributed by atoms with Crippen molar-refractivity contribution in [1.29, 1.82) is 0 Å². The van der Waals surface area contributed by atoms with Gasteiger partial charge in [0.25, 0.3) is 0 Å². The van der Waals surface area contributed by atoms with Crippen LogP contribution >= 0.6 is 0 Å². The molecule has 144 valence electrons. The number of nitrogens with zero attached hydrogens (tertiary/aromatic N) is 2. The summed E-state index contributed by atoms with van der Waals surface area (Å²) in [5.74, 6) is 1.08. The summed E-state index contributed by atoms with van der Waals surface area (Å²) < 4.78 is 5.78. The van der Waals surface area contributed by atoms with Crippen molar-refractivity contribution >= 4 is 11.9 Å². The van der Waals surface area contributed by atoms with Crippen LogP contribution in [0.2, 0.25) is 0 Å². The Hall–Kier alpha value is -2.63. The molecule has 1 aromatic carbocycles. The van der Waals surface area contributed by atoms with Gasteiger partial charge in [0.2, 0.25) is 5.91 Å². The zero-order valence-corrected chi connectivity index (χ0v) is 15.5. The number of benzene rings is 1. The summed E-state index contributed by atoms with van der Waals surface area (Å²) in [6.07, 6.45) is 6.32. The van der Waals surface area contributed by atoms with Crippen molar-refractivity contribution in [2.75, 3.05) is 13.1 Å². The number of carbonyl (C=O) groups excluding carboxylic acids is 1. The highest BCUT2D eigenvalue weighted by atomic mass is 16.4. The Morgan fingerprint density at radius 1 is 1.22 bits per heavy atom. The number of aryl methyl sites for hydroxylation is 1. The summed E-state index contributed by atoms with van der Waals surface area (Å²) in [5, 5.41) is 8.82. The molecule has 6 nitrogen and oxygen atoms in total. The Kier molecular flexibility index (Phi) is 6.63. The van der Waals surface area contributed by atoms with Gasteiger partial charge in [-0.3, -0.25) is 9.59 Å². The Morgan fingerprint density at radius 2 is 2.04 bits per heavy atom. The standard InChI is InChI=1S/C21H26N2O4/c24-20(23-13-5-6-16(15-23)11-12-21(25)26)10-4-9-19-22-14-18(27-19)17-7-2-1-3-8-17/h1-3,7-8,14,16H,4-6,9-13,15H2,(H,25,26)/t16-/m0/s1. The first-order valence-corrected chi connectivity index (χ1v) is 9.61. The molecule has 0 radical (unpaired) electrons. The number of carboxylic acids is 1. The maximum absolute atomic E-state index is 12.5. The Morgan fingerprint density at radius 3 is 2.81 bits per heavy atom. The maximum Gasteiger partial charge on any atom is 0.303 e. The first kappa shape index (κ1) is 19.1. The maximum atomic E-state index is 12.5. The number of hydrogen-bond acceptors (Lipinski definition) is 4. The van der Waals surface area contributed by atoms with Gasteiger partial charge in [-0.2, -0.15) is 0 Å². The molecule has 0 saturated carbocycles. The molecule has 1 aliphatic rings. The molecule has 0 aliphatic carbocycles. The molecule has 2 heterocycles. The van der Waals surface area contributed by atoms with E-state index in [0.717, 1.165) is 30.7 Å². The van der Waals surface area contributed by atoms with Crippen molar-refractivity contribution in [3.63, 3.8) is 0 Å². The number of oxazole rings is 1. The molecule has 1 aliphatic heterocycles. The van der Waals surface area contributed by atoms with Gasteiger partial charge in [0.05, 0.1) is 6.20 Å². The van der Waals surface area contributed by atoms with Crippen molar-refractivity contribution in [1.82, 2.24) is 9.88 Å². The Labute approximate surface area is 159 Å². The van der Waals surface area contributed by atoms with E-state index >= 15 is 0 Å². The summed E-state index contributed by atoms with van der Waals surface area (Å²) in [6.45, 7) is 1.46. The van der Waals surface area contributed by atoms with Crippen molar-refractivity contribution in [3.8, 4) is 11.3 Å². The normalized spacial score (nSPS) is 17.0. The van der Waals surface area contributed by atoms with E-state index in [1.807, 2.05) is 35.2 Å². The highest BCUT2D eigenvalue weighted by molar-refractivity contribution is 5.76. The van der Waals surface area contributed by atoms with E-state index < -0.39 is 5.97 Å². The number of aliphatic carboxylic acids is 1. The summed E-state index contributed by atoms with van der Waals surface area (Å²) in [4.78, 5) is 29.4. The lowest BCUT2D eigenvalue weighted by Crippen LogP contribution is -2.40. The molecule has 1 fully saturated rings. The SMILES string of the molecule is O=C(O)CC[C@@H]1CCCN(C(=O)CCCc2ncc(-c3ccccc3)o2)C1. The molecule has 1 N–H and O–H groups in total. The monoisotopic (exact) mass is 370 g/mol. The smallest absolute Gasteiger partial charge is 0.303 e. The van der Waals surface area contributed by atoms with Crippen LogP contribution in [0.3, 0.4) is 0 Å². The minimum Gasteiger partial charge on any atom is -0.481 e. The predicted octanol–water partition coefficient (Wildman–Crippen LogP) is 3.77.